The SMILES string of the molecule is C=C(C)c1ccc(NC(=O)N(C)C)cc1. The van der Waals surface area contributed by atoms with E-state index in [1.165, 1.54) is 4.90 Å². The van der Waals surface area contributed by atoms with Crippen molar-refractivity contribution in [2.24, 2.45) is 0 Å². The minimum absolute atomic E-state index is 0.127. The minimum Gasteiger partial charge on any atom is -0.331 e. The van der Waals surface area contributed by atoms with E-state index >= 15 is 0 Å². The predicted molar refractivity (Wildman–Crippen MR) is 63.9 cm³/mol. The Morgan fingerprint density at radius 3 is 2.20 bits per heavy atom. The van der Waals surface area contributed by atoms with Crippen molar-refractivity contribution in [3.63, 3.8) is 0 Å². The van der Waals surface area contributed by atoms with Gasteiger partial charge in [-0.25, -0.2) is 4.79 Å². The molecule has 15 heavy (non-hydrogen) atoms. The number of hydrogen-bond donors (Lipinski definition) is 1. The van der Waals surface area contributed by atoms with Crippen LogP contribution in [0.5, 0.6) is 0 Å². The highest BCUT2D eigenvalue weighted by molar-refractivity contribution is 5.89. The van der Waals surface area contributed by atoms with Gasteiger partial charge in [-0.15, -0.1) is 0 Å². The third-order valence-corrected chi connectivity index (χ3v) is 2.04. The van der Waals surface area contributed by atoms with E-state index in [-0.39, 0.29) is 6.03 Å². The van der Waals surface area contributed by atoms with Gasteiger partial charge in [0.05, 0.1) is 0 Å². The first-order valence-corrected chi connectivity index (χ1v) is 4.75. The first kappa shape index (κ1) is 11.3. The maximum absolute atomic E-state index is 11.3. The number of urea groups is 1. The molecule has 80 valence electrons. The lowest BCUT2D eigenvalue weighted by Gasteiger charge is -2.12. The average molecular weight is 204 g/mol. The fourth-order valence-electron chi connectivity index (χ4n) is 1.07. The Hall–Kier alpha value is -1.77. The highest BCUT2D eigenvalue weighted by Gasteiger charge is 2.03. The minimum atomic E-state index is -0.127. The Labute approximate surface area is 90.4 Å². The maximum atomic E-state index is 11.3. The summed E-state index contributed by atoms with van der Waals surface area (Å²) >= 11 is 0. The fourth-order valence-corrected chi connectivity index (χ4v) is 1.07. The van der Waals surface area contributed by atoms with Crippen LogP contribution < -0.4 is 5.32 Å². The number of anilines is 1. The van der Waals surface area contributed by atoms with Crippen LogP contribution in [0.3, 0.4) is 0 Å². The van der Waals surface area contributed by atoms with Crippen molar-refractivity contribution in [3.8, 4) is 0 Å². The number of allylic oxidation sites excluding steroid dienone is 1. The van der Waals surface area contributed by atoms with E-state index in [2.05, 4.69) is 11.9 Å². The van der Waals surface area contributed by atoms with Crippen LogP contribution >= 0.6 is 0 Å². The van der Waals surface area contributed by atoms with Gasteiger partial charge in [0.15, 0.2) is 0 Å². The summed E-state index contributed by atoms with van der Waals surface area (Å²) in [4.78, 5) is 12.8. The first-order chi connectivity index (χ1) is 7.00. The molecule has 0 bridgehead atoms. The van der Waals surface area contributed by atoms with Crippen LogP contribution in [0.15, 0.2) is 30.8 Å². The third-order valence-electron chi connectivity index (χ3n) is 2.04. The topological polar surface area (TPSA) is 32.3 Å². The van der Waals surface area contributed by atoms with Gasteiger partial charge in [0.1, 0.15) is 0 Å². The van der Waals surface area contributed by atoms with E-state index in [9.17, 15) is 4.79 Å². The summed E-state index contributed by atoms with van der Waals surface area (Å²) in [5, 5.41) is 2.76. The van der Waals surface area contributed by atoms with Crippen molar-refractivity contribution >= 4 is 17.3 Å². The van der Waals surface area contributed by atoms with Crippen molar-refractivity contribution in [1.29, 1.82) is 0 Å². The van der Waals surface area contributed by atoms with Crippen LogP contribution in [0, 0.1) is 0 Å². The summed E-state index contributed by atoms with van der Waals surface area (Å²) < 4.78 is 0. The molecule has 0 unspecified atom stereocenters. The largest absolute Gasteiger partial charge is 0.331 e. The van der Waals surface area contributed by atoms with Gasteiger partial charge in [-0.3, -0.25) is 0 Å². The van der Waals surface area contributed by atoms with Gasteiger partial charge in [0.2, 0.25) is 0 Å². The molecule has 0 aliphatic carbocycles. The second-order valence-corrected chi connectivity index (χ2v) is 3.68. The highest BCUT2D eigenvalue weighted by Crippen LogP contribution is 2.15. The highest BCUT2D eigenvalue weighted by atomic mass is 16.2. The molecule has 1 rings (SSSR count). The second kappa shape index (κ2) is 4.64. The van der Waals surface area contributed by atoms with Crippen LogP contribution in [0.25, 0.3) is 5.57 Å². The summed E-state index contributed by atoms with van der Waals surface area (Å²) in [5.74, 6) is 0. The molecule has 0 radical (unpaired) electrons. The summed E-state index contributed by atoms with van der Waals surface area (Å²) in [6, 6.07) is 7.48. The maximum Gasteiger partial charge on any atom is 0.321 e. The number of benzene rings is 1. The Morgan fingerprint density at radius 2 is 1.80 bits per heavy atom. The molecule has 0 heterocycles. The molecule has 0 aliphatic rings. The lowest BCUT2D eigenvalue weighted by molar-refractivity contribution is 0.230. The number of nitrogens with zero attached hydrogens (tertiary/aromatic N) is 1. The quantitative estimate of drug-likeness (QED) is 0.789. The normalized spacial score (nSPS) is 9.53. The number of carbonyl (C=O) groups is 1. The second-order valence-electron chi connectivity index (χ2n) is 3.68. The molecular weight excluding hydrogens is 188 g/mol. The molecule has 0 atom stereocenters. The van der Waals surface area contributed by atoms with E-state index < -0.39 is 0 Å². The predicted octanol–water partition coefficient (Wildman–Crippen LogP) is 2.81. The van der Waals surface area contributed by atoms with E-state index in [4.69, 9.17) is 0 Å². The molecule has 3 heteroatoms. The smallest absolute Gasteiger partial charge is 0.321 e. The number of hydrogen-bond acceptors (Lipinski definition) is 1. The molecule has 1 aromatic carbocycles. The van der Waals surface area contributed by atoms with E-state index in [1.54, 1.807) is 14.1 Å². The molecule has 0 saturated carbocycles. The van der Waals surface area contributed by atoms with E-state index in [0.29, 0.717) is 0 Å². The number of nitrogens with one attached hydrogen (secondary N) is 1. The van der Waals surface area contributed by atoms with Gasteiger partial charge in [-0.1, -0.05) is 24.3 Å². The van der Waals surface area contributed by atoms with Crippen LogP contribution in [0.1, 0.15) is 12.5 Å². The van der Waals surface area contributed by atoms with Gasteiger partial charge < -0.3 is 10.2 Å². The van der Waals surface area contributed by atoms with Crippen LogP contribution in [-0.2, 0) is 0 Å². The molecule has 0 aliphatic heterocycles. The molecule has 0 aromatic heterocycles. The third kappa shape index (κ3) is 3.13. The summed E-state index contributed by atoms with van der Waals surface area (Å²) in [6.45, 7) is 5.80. The van der Waals surface area contributed by atoms with Crippen molar-refractivity contribution in [2.45, 2.75) is 6.92 Å². The molecule has 0 fully saturated rings. The Balaban J connectivity index is 2.73. The Kier molecular flexibility index (Phi) is 3.50. The molecule has 2 amide bonds. The summed E-state index contributed by atoms with van der Waals surface area (Å²) in [5.41, 5.74) is 2.89. The van der Waals surface area contributed by atoms with Crippen molar-refractivity contribution < 1.29 is 4.79 Å². The lowest BCUT2D eigenvalue weighted by atomic mass is 10.1. The van der Waals surface area contributed by atoms with Gasteiger partial charge >= 0.3 is 6.03 Å². The van der Waals surface area contributed by atoms with E-state index in [0.717, 1.165) is 16.8 Å². The van der Waals surface area contributed by atoms with Gasteiger partial charge in [0, 0.05) is 19.8 Å². The zero-order valence-corrected chi connectivity index (χ0v) is 9.37. The number of rotatable bonds is 2. The number of amides is 2. The van der Waals surface area contributed by atoms with E-state index in [1.807, 2.05) is 31.2 Å². The summed E-state index contributed by atoms with van der Waals surface area (Å²) in [6.07, 6.45) is 0. The monoisotopic (exact) mass is 204 g/mol. The fraction of sp³-hybridized carbons (Fsp3) is 0.250. The number of carbonyl (C=O) groups excluding carboxylic acids is 1. The first-order valence-electron chi connectivity index (χ1n) is 4.75. The molecular formula is C12H16N2O. The van der Waals surface area contributed by atoms with Crippen LogP contribution in [0.2, 0.25) is 0 Å². The molecule has 3 nitrogen and oxygen atoms in total. The summed E-state index contributed by atoms with van der Waals surface area (Å²) in [7, 11) is 3.41. The van der Waals surface area contributed by atoms with Crippen molar-refractivity contribution in [3.05, 3.63) is 36.4 Å². The van der Waals surface area contributed by atoms with Crippen LogP contribution in [-0.4, -0.2) is 25.0 Å². The van der Waals surface area contributed by atoms with Crippen LogP contribution in [0.4, 0.5) is 10.5 Å². The lowest BCUT2D eigenvalue weighted by Crippen LogP contribution is -2.27. The van der Waals surface area contributed by atoms with Gasteiger partial charge in [0.25, 0.3) is 0 Å². The average Bonchev–Trinajstić information content (AvgIpc) is 2.18. The molecule has 0 saturated heterocycles. The zero-order valence-electron chi connectivity index (χ0n) is 9.37. The molecule has 1 aromatic rings. The molecule has 1 N–H and O–H groups in total. The zero-order chi connectivity index (χ0) is 11.4. The standard InChI is InChI=1S/C12H16N2O/c1-9(2)10-5-7-11(8-6-10)13-12(15)14(3)4/h5-8H,1H2,2-4H3,(H,13,15). The Morgan fingerprint density at radius 1 is 1.27 bits per heavy atom. The van der Waals surface area contributed by atoms with Crippen molar-refractivity contribution in [2.75, 3.05) is 19.4 Å². The van der Waals surface area contributed by atoms with Crippen molar-refractivity contribution in [1.82, 2.24) is 4.90 Å². The van der Waals surface area contributed by atoms with Gasteiger partial charge in [-0.2, -0.15) is 0 Å². The Bertz CT molecular complexity index is 366. The van der Waals surface area contributed by atoms with Gasteiger partial charge in [-0.05, 0) is 24.6 Å². The molecule has 0 spiro atoms.